The highest BCUT2D eigenvalue weighted by Gasteiger charge is 2.31. The number of aldehydes is 1. The highest BCUT2D eigenvalue weighted by atomic mass is 19.1. The molecule has 5 heterocycles. The lowest BCUT2D eigenvalue weighted by Gasteiger charge is -2.34. The number of fused-ring (bicyclic) bond motifs is 2. The number of nitrogens with one attached hydrogen (secondary N) is 2. The number of primary amides is 2. The Bertz CT molecular complexity index is 2380. The van der Waals surface area contributed by atoms with E-state index in [1.165, 1.54) is 19.6 Å². The zero-order chi connectivity index (χ0) is 53.9. The zero-order valence-electron chi connectivity index (χ0n) is 45.2. The van der Waals surface area contributed by atoms with Crippen LogP contribution in [0.15, 0.2) is 42.5 Å². The second kappa shape index (κ2) is 28.3. The molecular weight excluding hydrogens is 920 g/mol. The first kappa shape index (κ1) is 60.3. The van der Waals surface area contributed by atoms with Crippen LogP contribution in [-0.4, -0.2) is 156 Å². The Morgan fingerprint density at radius 2 is 1.25 bits per heavy atom. The number of hydrogen-bond acceptors (Lipinski definition) is 12. The molecule has 2 aromatic heterocycles. The first-order valence-electron chi connectivity index (χ1n) is 24.8. The Hall–Kier alpha value is -6.02. The number of hydrogen-bond donors (Lipinski definition) is 4. The fraction of sp³-hybridized carbons (Fsp3) is 0.566. The van der Waals surface area contributed by atoms with Crippen molar-refractivity contribution in [3.63, 3.8) is 0 Å². The molecule has 19 heteroatoms. The summed E-state index contributed by atoms with van der Waals surface area (Å²) in [7, 11) is 9.19. The number of ether oxygens (including phenoxy) is 1. The molecule has 3 aliphatic rings. The van der Waals surface area contributed by atoms with Crippen molar-refractivity contribution < 1.29 is 33.1 Å². The average molecular weight is 1000 g/mol. The van der Waals surface area contributed by atoms with Gasteiger partial charge in [-0.3, -0.25) is 19.2 Å². The number of benzene rings is 2. The number of imidazole rings is 2. The van der Waals surface area contributed by atoms with Gasteiger partial charge in [0.2, 0.25) is 6.41 Å². The van der Waals surface area contributed by atoms with Gasteiger partial charge in [-0.05, 0) is 102 Å². The molecule has 2 aromatic carbocycles. The number of piperazine rings is 1. The largest absolute Gasteiger partial charge is 0.494 e. The minimum absolute atomic E-state index is 0.0491. The summed E-state index contributed by atoms with van der Waals surface area (Å²) in [6.07, 6.45) is 4.18. The predicted octanol–water partition coefficient (Wildman–Crippen LogP) is 5.52. The van der Waals surface area contributed by atoms with Gasteiger partial charge < -0.3 is 60.4 Å². The molecule has 0 saturated carbocycles. The first-order valence-corrected chi connectivity index (χ1v) is 24.8. The molecule has 398 valence electrons. The molecule has 6 N–H and O–H groups in total. The Labute approximate surface area is 427 Å². The van der Waals surface area contributed by atoms with Gasteiger partial charge in [0.1, 0.15) is 17.9 Å². The molecule has 1 unspecified atom stereocenters. The first-order chi connectivity index (χ1) is 34.0. The van der Waals surface area contributed by atoms with Crippen molar-refractivity contribution in [2.24, 2.45) is 22.3 Å². The van der Waals surface area contributed by atoms with Gasteiger partial charge in [-0.15, -0.1) is 0 Å². The summed E-state index contributed by atoms with van der Waals surface area (Å²) in [4.78, 5) is 76.2. The number of methoxy groups -OCH3 is 1. The molecule has 1 atom stereocenters. The predicted molar refractivity (Wildman–Crippen MR) is 282 cm³/mol. The molecule has 0 radical (unpaired) electrons. The molecule has 3 aliphatic heterocycles. The summed E-state index contributed by atoms with van der Waals surface area (Å²) in [6.45, 7) is 25.7. The number of likely N-dealkylation sites (N-methyl/N-ethyl adjacent to an activating group) is 1. The van der Waals surface area contributed by atoms with Crippen molar-refractivity contribution in [2.45, 2.75) is 107 Å². The van der Waals surface area contributed by atoms with E-state index in [2.05, 4.69) is 75.2 Å². The highest BCUT2D eigenvalue weighted by molar-refractivity contribution is 5.97. The second-order valence-electron chi connectivity index (χ2n) is 20.5. The Morgan fingerprint density at radius 1 is 0.778 bits per heavy atom. The third kappa shape index (κ3) is 17.1. The van der Waals surface area contributed by atoms with E-state index in [0.29, 0.717) is 47.0 Å². The van der Waals surface area contributed by atoms with Crippen LogP contribution in [0.2, 0.25) is 0 Å². The van der Waals surface area contributed by atoms with Crippen LogP contribution >= 0.6 is 0 Å². The van der Waals surface area contributed by atoms with Crippen LogP contribution in [0.4, 0.5) is 4.39 Å². The van der Waals surface area contributed by atoms with Gasteiger partial charge in [-0.1, -0.05) is 73.9 Å². The monoisotopic (exact) mass is 1000 g/mol. The van der Waals surface area contributed by atoms with Gasteiger partial charge in [0.15, 0.2) is 23.0 Å². The summed E-state index contributed by atoms with van der Waals surface area (Å²) in [5.41, 5.74) is 14.3. The normalized spacial score (nSPS) is 15.6. The van der Waals surface area contributed by atoms with Gasteiger partial charge in [-0.2, -0.15) is 0 Å². The number of amides is 4. The van der Waals surface area contributed by atoms with E-state index in [0.717, 1.165) is 95.0 Å². The van der Waals surface area contributed by atoms with E-state index in [1.807, 2.05) is 82.7 Å². The number of aromatic nitrogens is 4. The van der Waals surface area contributed by atoms with Crippen molar-refractivity contribution in [3.05, 3.63) is 76.6 Å². The number of rotatable bonds is 9. The fourth-order valence-corrected chi connectivity index (χ4v) is 7.94. The molecule has 18 nitrogen and oxygen atoms in total. The summed E-state index contributed by atoms with van der Waals surface area (Å²) >= 11 is 0. The molecular formula is C53H83FN12O6. The van der Waals surface area contributed by atoms with Crippen molar-refractivity contribution in [3.8, 4) is 28.5 Å². The van der Waals surface area contributed by atoms with E-state index in [9.17, 15) is 23.6 Å². The summed E-state index contributed by atoms with van der Waals surface area (Å²) in [5.74, 6) is 0.194. The quantitative estimate of drug-likeness (QED) is 0.153. The lowest BCUT2D eigenvalue weighted by atomic mass is 9.87. The van der Waals surface area contributed by atoms with E-state index in [4.69, 9.17) is 20.2 Å². The number of nitrogens with zero attached hydrogens (tertiary/aromatic N) is 8. The average Bonchev–Trinajstić information content (AvgIpc) is 3.72. The Kier molecular flexibility index (Phi) is 23.7. The van der Waals surface area contributed by atoms with Crippen LogP contribution < -0.4 is 26.8 Å². The number of halogens is 1. The second-order valence-corrected chi connectivity index (χ2v) is 20.5. The standard InChI is InChI=1S/C28H40N6O3.C16H19FN4O2.C6H14.C2H7N.CH3NO/c1-6-32-14-16-33(17-15-32)27(37)21-10-8-20(9-11-21)25-30-24(22-18-31(5)12-7-13-34(22)25)26(36)29-23(19-35)28(2,3)4;1-20-6-3-7-21-12(9-20)14(15(18)22)19-16(21)10-4-5-11(17)13(8-10)23-2;1-5-6(2,3)4;1-3-2;2-1-3/h8-11,19,23H,6-7,12-18H2,1-5H3,(H,29,36);4-5,8H,3,6-7,9H2,1-2H3,(H2,18,22);5H2,1-4H3;3H,1-2H3;1H,(H2,2,3). The molecule has 1 fully saturated rings. The summed E-state index contributed by atoms with van der Waals surface area (Å²) in [5, 5.41) is 5.64. The van der Waals surface area contributed by atoms with E-state index < -0.39 is 23.2 Å². The van der Waals surface area contributed by atoms with E-state index in [-0.39, 0.29) is 29.7 Å². The van der Waals surface area contributed by atoms with E-state index >= 15 is 0 Å². The SMILES string of the molecule is CCC(C)(C)C.CCN1CCN(C(=O)c2ccc(-c3nc(C(=O)NC(C=O)C(C)(C)C)c4n3CCCN(C)C4)cc2)CC1.CNC.COc1cc(-c2nc(C(N)=O)c3n2CCCN(C)C3)ccc1F.NC=O. The topological polar surface area (TPSA) is 219 Å². The van der Waals surface area contributed by atoms with Crippen molar-refractivity contribution in [2.75, 3.05) is 81.1 Å². The molecule has 72 heavy (non-hydrogen) atoms. The molecule has 0 spiro atoms. The van der Waals surface area contributed by atoms with Crippen molar-refractivity contribution in [1.82, 2.24) is 49.3 Å². The highest BCUT2D eigenvalue weighted by Crippen LogP contribution is 2.31. The smallest absolute Gasteiger partial charge is 0.272 e. The maximum absolute atomic E-state index is 13.6. The maximum atomic E-state index is 13.6. The summed E-state index contributed by atoms with van der Waals surface area (Å²) < 4.78 is 22.8. The van der Waals surface area contributed by atoms with Crippen LogP contribution in [-0.2, 0) is 35.8 Å². The summed E-state index contributed by atoms with van der Waals surface area (Å²) in [6, 6.07) is 11.5. The molecule has 0 aliphatic carbocycles. The van der Waals surface area contributed by atoms with Gasteiger partial charge in [-0.25, -0.2) is 14.4 Å². The minimum Gasteiger partial charge on any atom is -0.494 e. The van der Waals surface area contributed by atoms with Gasteiger partial charge in [0, 0.05) is 69.0 Å². The van der Waals surface area contributed by atoms with Gasteiger partial charge >= 0.3 is 0 Å². The third-order valence-electron chi connectivity index (χ3n) is 12.6. The van der Waals surface area contributed by atoms with Gasteiger partial charge in [0.05, 0.1) is 24.5 Å². The lowest BCUT2D eigenvalue weighted by Crippen LogP contribution is -2.48. The number of carbonyl (C=O) groups is 5. The maximum Gasteiger partial charge on any atom is 0.272 e. The molecule has 4 aromatic rings. The molecule has 7 rings (SSSR count). The molecule has 1 saturated heterocycles. The molecule has 0 bridgehead atoms. The Morgan fingerprint density at radius 3 is 1.69 bits per heavy atom. The number of nitrogens with two attached hydrogens (primary N) is 2. The fourth-order valence-electron chi connectivity index (χ4n) is 7.94. The van der Waals surface area contributed by atoms with Crippen LogP contribution in [0.25, 0.3) is 22.8 Å². The van der Waals surface area contributed by atoms with Crippen molar-refractivity contribution in [1.29, 1.82) is 0 Å². The van der Waals surface area contributed by atoms with E-state index in [1.54, 1.807) is 12.1 Å². The Balaban J connectivity index is 0.000000331. The molecule has 4 amide bonds. The van der Waals surface area contributed by atoms with Crippen molar-refractivity contribution >= 4 is 30.4 Å². The lowest BCUT2D eigenvalue weighted by molar-refractivity contribution is -0.111. The number of carbonyl (C=O) groups excluding carboxylic acids is 5. The van der Waals surface area contributed by atoms with Gasteiger partial charge in [0.25, 0.3) is 17.7 Å². The van der Waals surface area contributed by atoms with Crippen LogP contribution in [0.3, 0.4) is 0 Å². The zero-order valence-corrected chi connectivity index (χ0v) is 45.2. The van der Waals surface area contributed by atoms with Crippen LogP contribution in [0, 0.1) is 16.6 Å². The van der Waals surface area contributed by atoms with Crippen LogP contribution in [0.1, 0.15) is 117 Å². The third-order valence-corrected chi connectivity index (χ3v) is 12.6. The minimum atomic E-state index is -0.617. The van der Waals surface area contributed by atoms with Crippen LogP contribution in [0.5, 0.6) is 5.75 Å².